The highest BCUT2D eigenvalue weighted by atomic mass is 79.9. The molecular weight excluding hydrogens is 432 g/mol. The van der Waals surface area contributed by atoms with E-state index in [-0.39, 0.29) is 47.9 Å². The van der Waals surface area contributed by atoms with E-state index in [1.807, 2.05) is 0 Å². The van der Waals surface area contributed by atoms with Crippen LogP contribution in [0.15, 0.2) is 28.8 Å². The van der Waals surface area contributed by atoms with Gasteiger partial charge >= 0.3 is 0 Å². The summed E-state index contributed by atoms with van der Waals surface area (Å²) in [5.41, 5.74) is 1.31. The van der Waals surface area contributed by atoms with E-state index in [0.29, 0.717) is 22.5 Å². The molecule has 6 rings (SSSR count). The number of imide groups is 1. The highest BCUT2D eigenvalue weighted by Gasteiger charge is 2.67. The van der Waals surface area contributed by atoms with E-state index in [9.17, 15) is 14.4 Å². The van der Waals surface area contributed by atoms with E-state index in [0.717, 1.165) is 21.4 Å². The van der Waals surface area contributed by atoms with Crippen LogP contribution in [0.25, 0.3) is 0 Å². The smallest absolute Gasteiger partial charge is 0.244 e. The Morgan fingerprint density at radius 3 is 2.37 bits per heavy atom. The summed E-state index contributed by atoms with van der Waals surface area (Å²) < 4.78 is 0.746. The van der Waals surface area contributed by atoms with E-state index in [1.165, 1.54) is 0 Å². The molecule has 2 bridgehead atoms. The number of amides is 3. The Labute approximate surface area is 170 Å². The molecule has 1 N–H and O–H groups in total. The van der Waals surface area contributed by atoms with Crippen molar-refractivity contribution in [2.75, 3.05) is 11.9 Å². The number of halogens is 2. The summed E-state index contributed by atoms with van der Waals surface area (Å²) in [6, 6.07) is 3.50. The van der Waals surface area contributed by atoms with Crippen molar-refractivity contribution in [3.63, 3.8) is 0 Å². The van der Waals surface area contributed by atoms with Crippen molar-refractivity contribution < 1.29 is 14.4 Å². The molecular formula is C20H18BrClN2O3. The molecule has 5 nitrogen and oxygen atoms in total. The van der Waals surface area contributed by atoms with Crippen LogP contribution in [-0.2, 0) is 14.4 Å². The van der Waals surface area contributed by atoms with Crippen LogP contribution in [0, 0.1) is 42.4 Å². The summed E-state index contributed by atoms with van der Waals surface area (Å²) in [7, 11) is 0. The summed E-state index contributed by atoms with van der Waals surface area (Å²) in [6.07, 6.45) is 5.38. The molecule has 4 aliphatic carbocycles. The summed E-state index contributed by atoms with van der Waals surface area (Å²) in [4.78, 5) is 39.5. The Kier molecular flexibility index (Phi) is 3.82. The third-order valence-electron chi connectivity index (χ3n) is 6.67. The molecule has 0 radical (unpaired) electrons. The van der Waals surface area contributed by atoms with Gasteiger partial charge in [-0.2, -0.15) is 0 Å². The van der Waals surface area contributed by atoms with Gasteiger partial charge in [-0.1, -0.05) is 23.8 Å². The number of nitrogens with one attached hydrogen (secondary N) is 1. The third kappa shape index (κ3) is 2.46. The SMILES string of the molecule is Cc1c(NC(=O)CN2C(=O)[C@@H]3[C@@H]4C=C[C@H]([C@H]5C[C@H]45)[C@@H]3C2=O)ccc(Br)c1Cl. The second-order valence-corrected chi connectivity index (χ2v) is 9.23. The lowest BCUT2D eigenvalue weighted by atomic mass is 9.63. The van der Waals surface area contributed by atoms with E-state index in [4.69, 9.17) is 11.6 Å². The van der Waals surface area contributed by atoms with Crippen molar-refractivity contribution >= 4 is 50.9 Å². The number of rotatable bonds is 3. The first-order valence-corrected chi connectivity index (χ1v) is 10.3. The maximum absolute atomic E-state index is 12.9. The van der Waals surface area contributed by atoms with Crippen LogP contribution in [0.2, 0.25) is 5.02 Å². The zero-order chi connectivity index (χ0) is 19.0. The van der Waals surface area contributed by atoms with E-state index in [1.54, 1.807) is 19.1 Å². The Morgan fingerprint density at radius 1 is 1.19 bits per heavy atom. The topological polar surface area (TPSA) is 66.5 Å². The maximum atomic E-state index is 12.9. The summed E-state index contributed by atoms with van der Waals surface area (Å²) in [6.45, 7) is 1.56. The number of allylic oxidation sites excluding steroid dienone is 2. The molecule has 0 spiro atoms. The van der Waals surface area contributed by atoms with Gasteiger partial charge in [-0.3, -0.25) is 19.3 Å². The van der Waals surface area contributed by atoms with Crippen molar-refractivity contribution in [1.82, 2.24) is 4.90 Å². The number of benzene rings is 1. The predicted molar refractivity (Wildman–Crippen MR) is 104 cm³/mol. The number of anilines is 1. The minimum absolute atomic E-state index is 0.169. The number of carbonyl (C=O) groups is 3. The molecule has 0 unspecified atom stereocenters. The molecule has 1 aliphatic heterocycles. The summed E-state index contributed by atoms with van der Waals surface area (Å²) in [5.74, 6) is 0.150. The molecule has 27 heavy (non-hydrogen) atoms. The first-order valence-electron chi connectivity index (χ1n) is 9.16. The van der Waals surface area contributed by atoms with Crippen molar-refractivity contribution in [3.05, 3.63) is 39.3 Å². The standard InChI is InChI=1S/C20H18BrClN2O3/c1-8-14(5-4-13(21)18(8)22)23-15(25)7-24-19(26)16-9-2-3-10(12-6-11(9)12)17(16)20(24)27/h2-5,9-12,16-17H,6-7H2,1H3,(H,23,25)/t9-,10-,11-,12-,16-,17+/m1/s1. The summed E-state index contributed by atoms with van der Waals surface area (Å²) in [5, 5.41) is 3.30. The molecule has 3 fully saturated rings. The normalized spacial score (nSPS) is 35.3. The van der Waals surface area contributed by atoms with Crippen molar-refractivity contribution in [1.29, 1.82) is 0 Å². The van der Waals surface area contributed by atoms with Crippen LogP contribution in [0.4, 0.5) is 5.69 Å². The lowest BCUT2D eigenvalue weighted by Crippen LogP contribution is -2.40. The number of carbonyl (C=O) groups excluding carboxylic acids is 3. The quantitative estimate of drug-likeness (QED) is 0.568. The lowest BCUT2D eigenvalue weighted by molar-refractivity contribution is -0.142. The van der Waals surface area contributed by atoms with Crippen molar-refractivity contribution in [2.45, 2.75) is 13.3 Å². The lowest BCUT2D eigenvalue weighted by Gasteiger charge is -2.37. The van der Waals surface area contributed by atoms with Crippen LogP contribution in [0.5, 0.6) is 0 Å². The zero-order valence-corrected chi connectivity index (χ0v) is 17.0. The van der Waals surface area contributed by atoms with Crippen molar-refractivity contribution in [2.24, 2.45) is 35.5 Å². The Hall–Kier alpha value is -1.66. The van der Waals surface area contributed by atoms with Crippen LogP contribution >= 0.6 is 27.5 Å². The molecule has 3 amide bonds. The van der Waals surface area contributed by atoms with E-state index in [2.05, 4.69) is 33.4 Å². The average Bonchev–Trinajstić information content (AvgIpc) is 3.43. The van der Waals surface area contributed by atoms with Gasteiger partial charge in [-0.15, -0.1) is 0 Å². The van der Waals surface area contributed by atoms with Gasteiger partial charge in [0.2, 0.25) is 17.7 Å². The third-order valence-corrected chi connectivity index (χ3v) is 8.05. The van der Waals surface area contributed by atoms with Gasteiger partial charge in [0, 0.05) is 10.2 Å². The van der Waals surface area contributed by atoms with Gasteiger partial charge in [0.25, 0.3) is 0 Å². The fourth-order valence-electron chi connectivity index (χ4n) is 5.30. The number of hydrogen-bond donors (Lipinski definition) is 1. The minimum atomic E-state index is -0.387. The monoisotopic (exact) mass is 448 g/mol. The molecule has 1 aromatic carbocycles. The van der Waals surface area contributed by atoms with Gasteiger partial charge in [0.1, 0.15) is 6.54 Å². The number of likely N-dealkylation sites (tertiary alicyclic amines) is 1. The molecule has 0 aromatic heterocycles. The summed E-state index contributed by atoms with van der Waals surface area (Å²) >= 11 is 9.54. The second kappa shape index (κ2) is 5.92. The second-order valence-electron chi connectivity index (χ2n) is 8.00. The zero-order valence-electron chi connectivity index (χ0n) is 14.6. The molecule has 1 heterocycles. The van der Waals surface area contributed by atoms with Crippen LogP contribution in [-0.4, -0.2) is 29.2 Å². The fraction of sp³-hybridized carbons (Fsp3) is 0.450. The predicted octanol–water partition coefficient (Wildman–Crippen LogP) is 3.40. The average molecular weight is 450 g/mol. The number of nitrogens with zero attached hydrogens (tertiary/aromatic N) is 1. The Balaban J connectivity index is 1.33. The van der Waals surface area contributed by atoms with Gasteiger partial charge in [0.15, 0.2) is 0 Å². The van der Waals surface area contributed by atoms with E-state index < -0.39 is 0 Å². The molecule has 6 atom stereocenters. The van der Waals surface area contributed by atoms with Gasteiger partial charge in [0.05, 0.1) is 16.9 Å². The first kappa shape index (κ1) is 17.4. The maximum Gasteiger partial charge on any atom is 0.244 e. The first-order chi connectivity index (χ1) is 12.9. The largest absolute Gasteiger partial charge is 0.324 e. The number of hydrogen-bond acceptors (Lipinski definition) is 3. The molecule has 1 aromatic rings. The molecule has 2 saturated carbocycles. The van der Waals surface area contributed by atoms with Gasteiger partial charge in [-0.25, -0.2) is 0 Å². The van der Waals surface area contributed by atoms with Crippen LogP contribution in [0.3, 0.4) is 0 Å². The van der Waals surface area contributed by atoms with Crippen LogP contribution < -0.4 is 5.32 Å². The Bertz CT molecular complexity index is 894. The highest BCUT2D eigenvalue weighted by Crippen LogP contribution is 2.65. The molecule has 1 saturated heterocycles. The van der Waals surface area contributed by atoms with Crippen molar-refractivity contribution in [3.8, 4) is 0 Å². The fourth-order valence-corrected chi connectivity index (χ4v) is 5.89. The van der Waals surface area contributed by atoms with Gasteiger partial charge in [-0.05, 0) is 70.6 Å². The van der Waals surface area contributed by atoms with E-state index >= 15 is 0 Å². The minimum Gasteiger partial charge on any atom is -0.324 e. The Morgan fingerprint density at radius 2 is 1.78 bits per heavy atom. The highest BCUT2D eigenvalue weighted by molar-refractivity contribution is 9.10. The van der Waals surface area contributed by atoms with Gasteiger partial charge < -0.3 is 5.32 Å². The molecule has 7 heteroatoms. The molecule has 5 aliphatic rings. The van der Waals surface area contributed by atoms with Crippen LogP contribution in [0.1, 0.15) is 12.0 Å². The molecule has 140 valence electrons.